The van der Waals surface area contributed by atoms with Crippen molar-refractivity contribution in [2.24, 2.45) is 5.92 Å². The average molecular weight is 512 g/mol. The quantitative estimate of drug-likeness (QED) is 0.340. The number of ether oxygens (including phenoxy) is 1. The van der Waals surface area contributed by atoms with E-state index < -0.39 is 16.2 Å². The monoisotopic (exact) mass is 511 g/mol. The fourth-order valence-electron chi connectivity index (χ4n) is 6.88. The van der Waals surface area contributed by atoms with E-state index in [4.69, 9.17) is 4.74 Å². The summed E-state index contributed by atoms with van der Waals surface area (Å²) in [7, 11) is 0. The molecule has 3 fully saturated rings. The van der Waals surface area contributed by atoms with Crippen LogP contribution in [-0.4, -0.2) is 40.1 Å². The zero-order chi connectivity index (χ0) is 26.5. The molecule has 0 radical (unpaired) electrons. The molecular formula is C31H33N3O4. The van der Waals surface area contributed by atoms with Crippen LogP contribution >= 0.6 is 0 Å². The summed E-state index contributed by atoms with van der Waals surface area (Å²) in [5.74, 6) is 0.523. The fourth-order valence-corrected chi connectivity index (χ4v) is 6.88. The summed E-state index contributed by atoms with van der Waals surface area (Å²) in [6, 6.07) is 23.6. The van der Waals surface area contributed by atoms with E-state index in [1.54, 1.807) is 6.07 Å². The third-order valence-corrected chi connectivity index (χ3v) is 8.45. The van der Waals surface area contributed by atoms with Crippen LogP contribution in [0.5, 0.6) is 5.75 Å². The summed E-state index contributed by atoms with van der Waals surface area (Å²) in [5.41, 5.74) is 1.91. The number of piperidine rings is 3. The van der Waals surface area contributed by atoms with Crippen molar-refractivity contribution in [3.63, 3.8) is 0 Å². The summed E-state index contributed by atoms with van der Waals surface area (Å²) < 4.78 is 6.20. The Balaban J connectivity index is 1.49. The number of amides is 1. The second-order valence-corrected chi connectivity index (χ2v) is 11.5. The van der Waals surface area contributed by atoms with Crippen LogP contribution in [0.3, 0.4) is 0 Å². The number of carbonyl (C=O) groups is 1. The van der Waals surface area contributed by atoms with Crippen LogP contribution in [0.2, 0.25) is 0 Å². The smallest absolute Gasteiger partial charge is 0.270 e. The van der Waals surface area contributed by atoms with Gasteiger partial charge in [0.2, 0.25) is 0 Å². The fraction of sp³-hybridized carbons (Fsp3) is 0.387. The summed E-state index contributed by atoms with van der Waals surface area (Å²) in [5, 5.41) is 15.3. The van der Waals surface area contributed by atoms with Gasteiger partial charge in [0.05, 0.1) is 10.5 Å². The van der Waals surface area contributed by atoms with Crippen molar-refractivity contribution in [1.29, 1.82) is 0 Å². The van der Waals surface area contributed by atoms with Crippen LogP contribution in [0.1, 0.15) is 66.1 Å². The molecule has 38 heavy (non-hydrogen) atoms. The number of hydrogen-bond acceptors (Lipinski definition) is 5. The maximum Gasteiger partial charge on any atom is 0.270 e. The number of nitrogens with one attached hydrogen (secondary N) is 1. The second-order valence-electron chi connectivity index (χ2n) is 11.5. The lowest BCUT2D eigenvalue weighted by Crippen LogP contribution is -2.69. The van der Waals surface area contributed by atoms with Crippen LogP contribution in [0.25, 0.3) is 0 Å². The molecule has 0 spiro atoms. The molecule has 0 saturated carbocycles. The van der Waals surface area contributed by atoms with Crippen LogP contribution in [-0.2, 0) is 6.42 Å². The first kappa shape index (κ1) is 24.6. The van der Waals surface area contributed by atoms with E-state index in [9.17, 15) is 14.9 Å². The minimum Gasteiger partial charge on any atom is -0.486 e. The minimum atomic E-state index is -0.674. The predicted octanol–water partition coefficient (Wildman–Crippen LogP) is 5.68. The summed E-state index contributed by atoms with van der Waals surface area (Å²) >= 11 is 0. The molecule has 0 aromatic heterocycles. The first-order chi connectivity index (χ1) is 18.3. The number of carbonyl (C=O) groups excluding carboxylic acids is 1. The Labute approximate surface area is 223 Å². The molecule has 3 aromatic carbocycles. The predicted molar refractivity (Wildman–Crippen MR) is 145 cm³/mol. The lowest BCUT2D eigenvalue weighted by Gasteiger charge is -2.58. The van der Waals surface area contributed by atoms with E-state index in [0.717, 1.165) is 43.5 Å². The molecular weight excluding hydrogens is 478 g/mol. The van der Waals surface area contributed by atoms with E-state index in [0.29, 0.717) is 23.7 Å². The molecule has 2 bridgehead atoms. The second kappa shape index (κ2) is 9.24. The van der Waals surface area contributed by atoms with Crippen molar-refractivity contribution in [2.75, 3.05) is 13.1 Å². The Morgan fingerprint density at radius 1 is 1.03 bits per heavy atom. The molecule has 4 heterocycles. The van der Waals surface area contributed by atoms with Crippen LogP contribution in [0, 0.1) is 16.0 Å². The molecule has 1 unspecified atom stereocenters. The summed E-state index contributed by atoms with van der Waals surface area (Å²) in [6.45, 7) is 5.68. The number of nitro benzene ring substituents is 1. The van der Waals surface area contributed by atoms with E-state index in [-0.39, 0.29) is 23.1 Å². The van der Waals surface area contributed by atoms with Crippen molar-refractivity contribution in [1.82, 2.24) is 10.2 Å². The maximum atomic E-state index is 14.3. The molecule has 0 aliphatic carbocycles. The van der Waals surface area contributed by atoms with Crippen LogP contribution in [0.15, 0.2) is 72.8 Å². The minimum absolute atomic E-state index is 0.0858. The number of nitrogens with zero attached hydrogens (tertiary/aromatic N) is 2. The van der Waals surface area contributed by atoms with Gasteiger partial charge in [0.25, 0.3) is 11.6 Å². The zero-order valence-corrected chi connectivity index (χ0v) is 21.9. The number of rotatable bonds is 6. The Kier molecular flexibility index (Phi) is 5.99. The van der Waals surface area contributed by atoms with E-state index in [2.05, 4.69) is 34.5 Å². The highest BCUT2D eigenvalue weighted by atomic mass is 16.6. The third-order valence-electron chi connectivity index (χ3n) is 8.45. The van der Waals surface area contributed by atoms with Gasteiger partial charge in [-0.05, 0) is 50.2 Å². The molecule has 1 amide bonds. The number of non-ortho nitro benzene ring substituents is 1. The zero-order valence-electron chi connectivity index (χ0n) is 21.9. The first-order valence-electron chi connectivity index (χ1n) is 13.4. The SMILES string of the molecule is CC1(C)Cc2cc([N+](=O)[O-])cc(C(=O)NC3(C(c4ccccc4)c4ccccc4)CC4CCN3CC4)c2O1. The van der Waals surface area contributed by atoms with Crippen molar-refractivity contribution < 1.29 is 14.5 Å². The van der Waals surface area contributed by atoms with Crippen LogP contribution < -0.4 is 10.1 Å². The van der Waals surface area contributed by atoms with Crippen molar-refractivity contribution >= 4 is 11.6 Å². The Morgan fingerprint density at radius 2 is 1.63 bits per heavy atom. The van der Waals surface area contributed by atoms with Gasteiger partial charge in [0.1, 0.15) is 17.0 Å². The Morgan fingerprint density at radius 3 is 2.16 bits per heavy atom. The molecule has 196 valence electrons. The number of fused-ring (bicyclic) bond motifs is 4. The molecule has 4 aliphatic rings. The summed E-state index contributed by atoms with van der Waals surface area (Å²) in [4.78, 5) is 28.1. The van der Waals surface area contributed by atoms with Crippen LogP contribution in [0.4, 0.5) is 5.69 Å². The van der Waals surface area contributed by atoms with Crippen molar-refractivity contribution in [3.05, 3.63) is 105 Å². The van der Waals surface area contributed by atoms with Crippen molar-refractivity contribution in [2.45, 2.75) is 56.7 Å². The lowest BCUT2D eigenvalue weighted by atomic mass is 9.69. The lowest BCUT2D eigenvalue weighted by molar-refractivity contribution is -0.384. The van der Waals surface area contributed by atoms with Gasteiger partial charge >= 0.3 is 0 Å². The molecule has 3 saturated heterocycles. The van der Waals surface area contributed by atoms with Gasteiger partial charge < -0.3 is 10.1 Å². The van der Waals surface area contributed by atoms with Crippen molar-refractivity contribution in [3.8, 4) is 5.75 Å². The molecule has 1 atom stereocenters. The third kappa shape index (κ3) is 4.25. The molecule has 7 rings (SSSR count). The largest absolute Gasteiger partial charge is 0.486 e. The van der Waals surface area contributed by atoms with Gasteiger partial charge in [-0.25, -0.2) is 0 Å². The summed E-state index contributed by atoms with van der Waals surface area (Å²) in [6.07, 6.45) is 3.55. The molecule has 7 nitrogen and oxygen atoms in total. The van der Waals surface area contributed by atoms with Gasteiger partial charge in [-0.3, -0.25) is 19.8 Å². The normalized spacial score (nSPS) is 25.0. The number of benzene rings is 3. The van der Waals surface area contributed by atoms with E-state index in [1.165, 1.54) is 6.07 Å². The number of hydrogen-bond donors (Lipinski definition) is 1. The Hall–Kier alpha value is -3.71. The highest BCUT2D eigenvalue weighted by Gasteiger charge is 2.53. The van der Waals surface area contributed by atoms with E-state index >= 15 is 0 Å². The standard InChI is InChI=1S/C31H33N3O4/c1-30(2)20-24-17-25(34(36)37)18-26(28(24)38-30)29(35)32-31(19-21-13-15-33(31)16-14-21)27(22-9-5-3-6-10-22)23-11-7-4-8-12-23/h3-12,17-18,21,27H,13-16,19-20H2,1-2H3,(H,32,35). The van der Waals surface area contributed by atoms with Gasteiger partial charge in [-0.15, -0.1) is 0 Å². The van der Waals surface area contributed by atoms with E-state index in [1.807, 2.05) is 50.2 Å². The highest BCUT2D eigenvalue weighted by Crippen LogP contribution is 2.49. The molecule has 1 N–H and O–H groups in total. The Bertz CT molecular complexity index is 1330. The first-order valence-corrected chi connectivity index (χ1v) is 13.4. The topological polar surface area (TPSA) is 84.7 Å². The van der Waals surface area contributed by atoms with Gasteiger partial charge in [0.15, 0.2) is 0 Å². The molecule has 7 heteroatoms. The average Bonchev–Trinajstić information content (AvgIpc) is 3.23. The molecule has 4 aliphatic heterocycles. The number of nitro groups is 1. The van der Waals surface area contributed by atoms with Gasteiger partial charge in [0, 0.05) is 43.1 Å². The van der Waals surface area contributed by atoms with Gasteiger partial charge in [-0.2, -0.15) is 0 Å². The van der Waals surface area contributed by atoms with Gasteiger partial charge in [-0.1, -0.05) is 60.7 Å². The maximum absolute atomic E-state index is 14.3. The highest BCUT2D eigenvalue weighted by molar-refractivity contribution is 5.99. The molecule has 3 aromatic rings.